The fourth-order valence-corrected chi connectivity index (χ4v) is 4.24. The van der Waals surface area contributed by atoms with E-state index in [2.05, 4.69) is 30.3 Å². The van der Waals surface area contributed by atoms with Gasteiger partial charge in [-0.3, -0.25) is 10.1 Å². The normalized spacial score (nSPS) is 28.1. The highest BCUT2D eigenvalue weighted by molar-refractivity contribution is 8.00. The number of nitrogens with one attached hydrogen (secondary N) is 1. The summed E-state index contributed by atoms with van der Waals surface area (Å²) in [6.45, 7) is 5.84. The number of hydrogen-bond donors (Lipinski definition) is 1. The third-order valence-electron chi connectivity index (χ3n) is 4.41. The van der Waals surface area contributed by atoms with Gasteiger partial charge in [0.15, 0.2) is 0 Å². The summed E-state index contributed by atoms with van der Waals surface area (Å²) >= 11 is 1.97. The number of hydrogen-bond acceptors (Lipinski definition) is 3. The van der Waals surface area contributed by atoms with Gasteiger partial charge in [0.2, 0.25) is 5.91 Å². The molecule has 2 rings (SSSR count). The maximum absolute atomic E-state index is 12.1. The Hall–Kier alpha value is -0.220. The number of carbonyl (C=O) groups is 1. The molecule has 18 heavy (non-hydrogen) atoms. The van der Waals surface area contributed by atoms with Crippen LogP contribution in [0.1, 0.15) is 46.0 Å². The van der Waals surface area contributed by atoms with E-state index in [-0.39, 0.29) is 12.1 Å². The van der Waals surface area contributed by atoms with Crippen molar-refractivity contribution in [2.45, 2.75) is 56.9 Å². The molecule has 1 atom stereocenters. The first-order valence-electron chi connectivity index (χ1n) is 7.16. The Morgan fingerprint density at radius 3 is 2.61 bits per heavy atom. The number of carbonyl (C=O) groups excluding carboxylic acids is 1. The van der Waals surface area contributed by atoms with Gasteiger partial charge in [0, 0.05) is 11.3 Å². The van der Waals surface area contributed by atoms with Crippen LogP contribution in [0.3, 0.4) is 0 Å². The maximum atomic E-state index is 12.1. The van der Waals surface area contributed by atoms with Gasteiger partial charge in [0.25, 0.3) is 0 Å². The standard InChI is InChI=1S/C14H26N2OS/c1-11(2)13-15-9-12(17)16(13)10-14(18-3)7-5-4-6-8-14/h11,13,15H,4-10H2,1-3H3. The SMILES string of the molecule is CSC1(CN2C(=O)CNC2C(C)C)CCCCC1. The van der Waals surface area contributed by atoms with Crippen molar-refractivity contribution in [2.75, 3.05) is 19.3 Å². The number of rotatable bonds is 4. The summed E-state index contributed by atoms with van der Waals surface area (Å²) in [5.41, 5.74) is 0. The zero-order valence-electron chi connectivity index (χ0n) is 11.9. The van der Waals surface area contributed by atoms with Crippen LogP contribution in [0.4, 0.5) is 0 Å². The Morgan fingerprint density at radius 1 is 1.39 bits per heavy atom. The van der Waals surface area contributed by atoms with Crippen LogP contribution in [0, 0.1) is 5.92 Å². The van der Waals surface area contributed by atoms with Crippen LogP contribution in [0.25, 0.3) is 0 Å². The van der Waals surface area contributed by atoms with Crippen molar-refractivity contribution in [3.05, 3.63) is 0 Å². The second-order valence-corrected chi connectivity index (χ2v) is 7.31. The van der Waals surface area contributed by atoms with Gasteiger partial charge in [-0.1, -0.05) is 33.1 Å². The Kier molecular flexibility index (Phi) is 4.59. The number of nitrogens with zero attached hydrogens (tertiary/aromatic N) is 1. The molecule has 1 heterocycles. The molecular weight excluding hydrogens is 244 g/mol. The monoisotopic (exact) mass is 270 g/mol. The summed E-state index contributed by atoms with van der Waals surface area (Å²) < 4.78 is 0.313. The molecule has 104 valence electrons. The molecule has 0 radical (unpaired) electrons. The smallest absolute Gasteiger partial charge is 0.237 e. The summed E-state index contributed by atoms with van der Waals surface area (Å²) in [4.78, 5) is 14.2. The molecule has 2 fully saturated rings. The minimum Gasteiger partial charge on any atom is -0.324 e. The van der Waals surface area contributed by atoms with Crippen LogP contribution >= 0.6 is 11.8 Å². The first-order valence-corrected chi connectivity index (χ1v) is 8.38. The molecule has 1 amide bonds. The third-order valence-corrected chi connectivity index (χ3v) is 5.81. The molecule has 1 aliphatic heterocycles. The van der Waals surface area contributed by atoms with Crippen molar-refractivity contribution >= 4 is 17.7 Å². The third kappa shape index (κ3) is 2.85. The Morgan fingerprint density at radius 2 is 2.06 bits per heavy atom. The maximum Gasteiger partial charge on any atom is 0.237 e. The quantitative estimate of drug-likeness (QED) is 0.852. The van der Waals surface area contributed by atoms with Crippen LogP contribution in [-0.4, -0.2) is 41.1 Å². The van der Waals surface area contributed by atoms with Crippen molar-refractivity contribution < 1.29 is 4.79 Å². The van der Waals surface area contributed by atoms with Gasteiger partial charge in [0.05, 0.1) is 12.7 Å². The molecule has 3 nitrogen and oxygen atoms in total. The average Bonchev–Trinajstić information content (AvgIpc) is 2.72. The van der Waals surface area contributed by atoms with E-state index < -0.39 is 0 Å². The second kappa shape index (κ2) is 5.83. The summed E-state index contributed by atoms with van der Waals surface area (Å²) in [5, 5.41) is 3.35. The molecule has 0 aromatic carbocycles. The molecule has 0 aromatic rings. The first kappa shape index (κ1) is 14.2. The number of thioether (sulfide) groups is 1. The van der Waals surface area contributed by atoms with Crippen LogP contribution in [0.15, 0.2) is 0 Å². The van der Waals surface area contributed by atoms with Gasteiger partial charge >= 0.3 is 0 Å². The fraction of sp³-hybridized carbons (Fsp3) is 0.929. The van der Waals surface area contributed by atoms with Crippen LogP contribution < -0.4 is 5.32 Å². The van der Waals surface area contributed by atoms with Crippen molar-refractivity contribution in [1.29, 1.82) is 0 Å². The van der Waals surface area contributed by atoms with Crippen molar-refractivity contribution in [2.24, 2.45) is 5.92 Å². The fourth-order valence-electron chi connectivity index (χ4n) is 3.27. The van der Waals surface area contributed by atoms with Crippen molar-refractivity contribution in [3.8, 4) is 0 Å². The van der Waals surface area contributed by atoms with E-state index in [1.54, 1.807) is 0 Å². The Labute approximate surface area is 115 Å². The lowest BCUT2D eigenvalue weighted by molar-refractivity contribution is -0.129. The highest BCUT2D eigenvalue weighted by atomic mass is 32.2. The predicted molar refractivity (Wildman–Crippen MR) is 77.7 cm³/mol. The predicted octanol–water partition coefficient (Wildman–Crippen LogP) is 2.47. The minimum atomic E-state index is 0.239. The van der Waals surface area contributed by atoms with Gasteiger partial charge in [-0.15, -0.1) is 0 Å². The summed E-state index contributed by atoms with van der Waals surface area (Å²) in [5.74, 6) is 0.770. The summed E-state index contributed by atoms with van der Waals surface area (Å²) in [7, 11) is 0. The Balaban J connectivity index is 2.07. The van der Waals surface area contributed by atoms with Gasteiger partial charge in [0.1, 0.15) is 0 Å². The van der Waals surface area contributed by atoms with Gasteiger partial charge in [-0.05, 0) is 25.0 Å². The molecular formula is C14H26N2OS. The van der Waals surface area contributed by atoms with E-state index >= 15 is 0 Å². The van der Waals surface area contributed by atoms with E-state index in [0.717, 1.165) is 6.54 Å². The second-order valence-electron chi connectivity index (χ2n) is 6.04. The highest BCUT2D eigenvalue weighted by Gasteiger charge is 2.40. The van der Waals surface area contributed by atoms with E-state index in [1.807, 2.05) is 11.8 Å². The largest absolute Gasteiger partial charge is 0.324 e. The van der Waals surface area contributed by atoms with Crippen LogP contribution in [-0.2, 0) is 4.79 Å². The minimum absolute atomic E-state index is 0.239. The molecule has 0 spiro atoms. The average molecular weight is 270 g/mol. The van der Waals surface area contributed by atoms with E-state index in [4.69, 9.17) is 0 Å². The molecule has 1 N–H and O–H groups in total. The van der Waals surface area contributed by atoms with E-state index in [1.165, 1.54) is 32.1 Å². The number of amides is 1. The van der Waals surface area contributed by atoms with Crippen LogP contribution in [0.2, 0.25) is 0 Å². The molecule has 4 heteroatoms. The molecule has 1 unspecified atom stereocenters. The lowest BCUT2D eigenvalue weighted by Gasteiger charge is -2.41. The van der Waals surface area contributed by atoms with E-state index in [0.29, 0.717) is 17.2 Å². The lowest BCUT2D eigenvalue weighted by Crippen LogP contribution is -2.49. The molecule has 0 bridgehead atoms. The highest BCUT2D eigenvalue weighted by Crippen LogP contribution is 2.40. The molecule has 1 saturated heterocycles. The summed E-state index contributed by atoms with van der Waals surface area (Å²) in [6.07, 6.45) is 8.99. The van der Waals surface area contributed by atoms with Crippen molar-refractivity contribution in [1.82, 2.24) is 10.2 Å². The van der Waals surface area contributed by atoms with Gasteiger partial charge < -0.3 is 4.90 Å². The van der Waals surface area contributed by atoms with Gasteiger partial charge in [-0.2, -0.15) is 11.8 Å². The lowest BCUT2D eigenvalue weighted by atomic mass is 9.87. The first-order chi connectivity index (χ1) is 8.58. The Bertz CT molecular complexity index is 300. The molecule has 0 aromatic heterocycles. The zero-order chi connectivity index (χ0) is 13.2. The summed E-state index contributed by atoms with van der Waals surface area (Å²) in [6, 6.07) is 0. The van der Waals surface area contributed by atoms with Crippen molar-refractivity contribution in [3.63, 3.8) is 0 Å². The van der Waals surface area contributed by atoms with Gasteiger partial charge in [-0.25, -0.2) is 0 Å². The molecule has 2 aliphatic rings. The topological polar surface area (TPSA) is 32.3 Å². The molecule has 1 saturated carbocycles. The van der Waals surface area contributed by atoms with Crippen LogP contribution in [0.5, 0.6) is 0 Å². The zero-order valence-corrected chi connectivity index (χ0v) is 12.7. The molecule has 1 aliphatic carbocycles. The van der Waals surface area contributed by atoms with E-state index in [9.17, 15) is 4.79 Å².